The zero-order chi connectivity index (χ0) is 12.1. The summed E-state index contributed by atoms with van der Waals surface area (Å²) in [6, 6.07) is 4.33. The zero-order valence-corrected chi connectivity index (χ0v) is 11.4. The van der Waals surface area contributed by atoms with Gasteiger partial charge in [0.25, 0.3) is 0 Å². The van der Waals surface area contributed by atoms with E-state index in [1.165, 1.54) is 17.7 Å². The summed E-state index contributed by atoms with van der Waals surface area (Å²) in [7, 11) is 0. The van der Waals surface area contributed by atoms with Gasteiger partial charge in [-0.05, 0) is 44.2 Å². The van der Waals surface area contributed by atoms with Crippen molar-refractivity contribution in [3.05, 3.63) is 21.3 Å². The first kappa shape index (κ1) is 13.3. The van der Waals surface area contributed by atoms with E-state index in [1.54, 1.807) is 11.3 Å². The highest BCUT2D eigenvalue weighted by Gasteiger charge is 2.18. The minimum absolute atomic E-state index is 0.314. The van der Waals surface area contributed by atoms with Crippen LogP contribution in [0, 0.1) is 0 Å². The quantitative estimate of drug-likeness (QED) is 0.619. The summed E-state index contributed by atoms with van der Waals surface area (Å²) >= 11 is 7.54. The molecule has 1 aliphatic heterocycles. The predicted molar refractivity (Wildman–Crippen MR) is 72.4 cm³/mol. The van der Waals surface area contributed by atoms with Crippen LogP contribution in [-0.2, 0) is 11.2 Å². The Morgan fingerprint density at radius 3 is 3.06 bits per heavy atom. The largest absolute Gasteiger partial charge is 0.378 e. The van der Waals surface area contributed by atoms with E-state index in [2.05, 4.69) is 11.5 Å². The number of ether oxygens (including phenoxy) is 1. The van der Waals surface area contributed by atoms with Crippen LogP contribution < -0.4 is 11.3 Å². The van der Waals surface area contributed by atoms with E-state index in [1.807, 2.05) is 6.07 Å². The molecule has 1 fully saturated rings. The molecule has 2 heterocycles. The Kier molecular flexibility index (Phi) is 5.25. The highest BCUT2D eigenvalue weighted by molar-refractivity contribution is 7.16. The van der Waals surface area contributed by atoms with E-state index in [9.17, 15) is 0 Å². The molecule has 0 aromatic carbocycles. The lowest BCUT2D eigenvalue weighted by atomic mass is 10.0. The van der Waals surface area contributed by atoms with Crippen molar-refractivity contribution < 1.29 is 4.74 Å². The molecule has 2 unspecified atom stereocenters. The molecule has 0 spiro atoms. The van der Waals surface area contributed by atoms with Crippen LogP contribution in [0.2, 0.25) is 4.34 Å². The maximum atomic E-state index is 5.91. The number of hydrazine groups is 1. The Morgan fingerprint density at radius 2 is 2.47 bits per heavy atom. The average Bonchev–Trinajstić information content (AvgIpc) is 2.96. The van der Waals surface area contributed by atoms with Gasteiger partial charge in [0, 0.05) is 17.5 Å². The van der Waals surface area contributed by atoms with Gasteiger partial charge in [0.15, 0.2) is 0 Å². The van der Waals surface area contributed by atoms with Crippen molar-refractivity contribution in [2.24, 2.45) is 5.84 Å². The molecule has 1 saturated heterocycles. The molecule has 96 valence electrons. The Bertz CT molecular complexity index is 339. The van der Waals surface area contributed by atoms with Crippen molar-refractivity contribution >= 4 is 22.9 Å². The fourth-order valence-electron chi connectivity index (χ4n) is 2.21. The molecule has 3 N–H and O–H groups in total. The van der Waals surface area contributed by atoms with Crippen molar-refractivity contribution in [2.45, 2.75) is 44.2 Å². The molecular weight excluding hydrogens is 256 g/mol. The number of halogens is 1. The van der Waals surface area contributed by atoms with Crippen LogP contribution in [0.15, 0.2) is 12.1 Å². The second-order valence-electron chi connectivity index (χ2n) is 4.49. The Balaban J connectivity index is 1.75. The van der Waals surface area contributed by atoms with E-state index < -0.39 is 0 Å². The number of nitrogens with one attached hydrogen (secondary N) is 1. The highest BCUT2D eigenvalue weighted by atomic mass is 35.5. The van der Waals surface area contributed by atoms with E-state index >= 15 is 0 Å². The van der Waals surface area contributed by atoms with E-state index in [0.29, 0.717) is 12.1 Å². The number of hydrogen-bond donors (Lipinski definition) is 2. The van der Waals surface area contributed by atoms with Crippen LogP contribution in [0.25, 0.3) is 0 Å². The fraction of sp³-hybridized carbons (Fsp3) is 0.667. The standard InChI is InChI=1S/C12H19ClN2OS/c13-12-6-5-11(17-12)8-9(15-14)3-4-10-2-1-7-16-10/h5-6,9-10,15H,1-4,7-8,14H2. The second-order valence-corrected chi connectivity index (χ2v) is 6.29. The van der Waals surface area contributed by atoms with Gasteiger partial charge in [0.1, 0.15) is 0 Å². The van der Waals surface area contributed by atoms with Gasteiger partial charge in [0.2, 0.25) is 0 Å². The number of hydrogen-bond acceptors (Lipinski definition) is 4. The third kappa shape index (κ3) is 4.23. The van der Waals surface area contributed by atoms with E-state index in [4.69, 9.17) is 22.2 Å². The first-order chi connectivity index (χ1) is 8.28. The molecule has 2 atom stereocenters. The molecule has 0 saturated carbocycles. The molecule has 0 radical (unpaired) electrons. The molecule has 1 aromatic heterocycles. The molecule has 1 aromatic rings. The van der Waals surface area contributed by atoms with Crippen molar-refractivity contribution in [1.82, 2.24) is 5.43 Å². The van der Waals surface area contributed by atoms with E-state index in [0.717, 1.165) is 30.2 Å². The first-order valence-corrected chi connectivity index (χ1v) is 7.29. The van der Waals surface area contributed by atoms with Crippen LogP contribution in [0.1, 0.15) is 30.6 Å². The molecule has 5 heteroatoms. The van der Waals surface area contributed by atoms with Gasteiger partial charge in [-0.1, -0.05) is 11.6 Å². The van der Waals surface area contributed by atoms with Gasteiger partial charge in [-0.3, -0.25) is 11.3 Å². The maximum absolute atomic E-state index is 5.91. The third-order valence-electron chi connectivity index (χ3n) is 3.17. The minimum Gasteiger partial charge on any atom is -0.378 e. The molecule has 0 amide bonds. The van der Waals surface area contributed by atoms with Crippen molar-refractivity contribution in [3.63, 3.8) is 0 Å². The Hall–Kier alpha value is -0.130. The van der Waals surface area contributed by atoms with Gasteiger partial charge >= 0.3 is 0 Å². The molecule has 1 aliphatic rings. The highest BCUT2D eigenvalue weighted by Crippen LogP contribution is 2.24. The predicted octanol–water partition coefficient (Wildman–Crippen LogP) is 2.74. The summed E-state index contributed by atoms with van der Waals surface area (Å²) in [4.78, 5) is 1.28. The maximum Gasteiger partial charge on any atom is 0.0931 e. The summed E-state index contributed by atoms with van der Waals surface area (Å²) in [6.07, 6.45) is 5.93. The molecule has 0 aliphatic carbocycles. The molecule has 3 nitrogen and oxygen atoms in total. The van der Waals surface area contributed by atoms with Gasteiger partial charge in [0.05, 0.1) is 10.4 Å². The molecule has 17 heavy (non-hydrogen) atoms. The monoisotopic (exact) mass is 274 g/mol. The van der Waals surface area contributed by atoms with Crippen LogP contribution in [0.5, 0.6) is 0 Å². The summed E-state index contributed by atoms with van der Waals surface area (Å²) < 4.78 is 6.46. The average molecular weight is 275 g/mol. The molecule has 0 bridgehead atoms. The van der Waals surface area contributed by atoms with Crippen LogP contribution in [-0.4, -0.2) is 18.8 Å². The van der Waals surface area contributed by atoms with Crippen LogP contribution in [0.3, 0.4) is 0 Å². The van der Waals surface area contributed by atoms with E-state index in [-0.39, 0.29) is 0 Å². The fourth-order valence-corrected chi connectivity index (χ4v) is 3.38. The molecular formula is C12H19ClN2OS. The smallest absolute Gasteiger partial charge is 0.0931 e. The number of thiophene rings is 1. The van der Waals surface area contributed by atoms with Crippen molar-refractivity contribution in [1.29, 1.82) is 0 Å². The zero-order valence-electron chi connectivity index (χ0n) is 9.82. The summed E-state index contributed by atoms with van der Waals surface area (Å²) in [5.74, 6) is 5.59. The van der Waals surface area contributed by atoms with Crippen molar-refractivity contribution in [2.75, 3.05) is 6.61 Å². The van der Waals surface area contributed by atoms with Gasteiger partial charge < -0.3 is 4.74 Å². The first-order valence-electron chi connectivity index (χ1n) is 6.10. The van der Waals surface area contributed by atoms with Crippen molar-refractivity contribution in [3.8, 4) is 0 Å². The third-order valence-corrected chi connectivity index (χ3v) is 4.43. The van der Waals surface area contributed by atoms with Crippen LogP contribution >= 0.6 is 22.9 Å². The lowest BCUT2D eigenvalue weighted by molar-refractivity contribution is 0.0996. The summed E-state index contributed by atoms with van der Waals surface area (Å²) in [6.45, 7) is 0.923. The van der Waals surface area contributed by atoms with Gasteiger partial charge in [-0.25, -0.2) is 0 Å². The minimum atomic E-state index is 0.314. The Labute approximate surface area is 111 Å². The number of nitrogens with two attached hydrogens (primary N) is 1. The van der Waals surface area contributed by atoms with Gasteiger partial charge in [-0.15, -0.1) is 11.3 Å². The lowest BCUT2D eigenvalue weighted by Crippen LogP contribution is -2.37. The second kappa shape index (κ2) is 6.71. The number of rotatable bonds is 6. The lowest BCUT2D eigenvalue weighted by Gasteiger charge is -2.17. The Morgan fingerprint density at radius 1 is 1.59 bits per heavy atom. The summed E-state index contributed by atoms with van der Waals surface area (Å²) in [5, 5.41) is 0. The molecule has 2 rings (SSSR count). The topological polar surface area (TPSA) is 47.3 Å². The SMILES string of the molecule is NNC(CCC1CCCO1)Cc1ccc(Cl)s1. The van der Waals surface area contributed by atoms with Crippen LogP contribution in [0.4, 0.5) is 0 Å². The summed E-state index contributed by atoms with van der Waals surface area (Å²) in [5.41, 5.74) is 2.89. The normalized spacial score (nSPS) is 21.9. The van der Waals surface area contributed by atoms with Gasteiger partial charge in [-0.2, -0.15) is 0 Å².